The summed E-state index contributed by atoms with van der Waals surface area (Å²) in [6, 6.07) is 3.83. The first-order chi connectivity index (χ1) is 9.86. The largest absolute Gasteiger partial charge is 0.449 e. The highest BCUT2D eigenvalue weighted by Crippen LogP contribution is 2.26. The van der Waals surface area contributed by atoms with Gasteiger partial charge in [-0.05, 0) is 35.0 Å². The van der Waals surface area contributed by atoms with E-state index >= 15 is 0 Å². The molecular formula is C13H13BrN2O5. The molecule has 0 aliphatic rings. The van der Waals surface area contributed by atoms with Crippen molar-refractivity contribution in [3.63, 3.8) is 0 Å². The van der Waals surface area contributed by atoms with Gasteiger partial charge in [-0.15, -0.1) is 6.58 Å². The Morgan fingerprint density at radius 2 is 2.24 bits per heavy atom. The summed E-state index contributed by atoms with van der Waals surface area (Å²) < 4.78 is 5.20. The van der Waals surface area contributed by atoms with Crippen LogP contribution in [-0.2, 0) is 9.53 Å². The number of nitro groups is 1. The summed E-state index contributed by atoms with van der Waals surface area (Å²) >= 11 is 3.02. The van der Waals surface area contributed by atoms with E-state index < -0.39 is 22.9 Å². The number of nitro benzene ring substituents is 1. The first-order valence-electron chi connectivity index (χ1n) is 5.90. The third-order valence-electron chi connectivity index (χ3n) is 2.45. The molecule has 0 aromatic heterocycles. The molecule has 0 spiro atoms. The Hall–Kier alpha value is -2.22. The molecule has 0 aliphatic carbocycles. The van der Waals surface area contributed by atoms with Crippen molar-refractivity contribution >= 4 is 33.5 Å². The molecule has 0 heterocycles. The van der Waals surface area contributed by atoms with Gasteiger partial charge >= 0.3 is 5.97 Å². The van der Waals surface area contributed by atoms with Gasteiger partial charge in [0.25, 0.3) is 11.6 Å². The number of nitrogens with zero attached hydrogens (tertiary/aromatic N) is 1. The van der Waals surface area contributed by atoms with E-state index in [9.17, 15) is 19.7 Å². The van der Waals surface area contributed by atoms with E-state index in [0.717, 1.165) is 6.07 Å². The number of nitrogens with one attached hydrogen (secondary N) is 1. The second-order valence-electron chi connectivity index (χ2n) is 4.00. The molecule has 0 saturated carbocycles. The van der Waals surface area contributed by atoms with E-state index in [2.05, 4.69) is 27.8 Å². The molecule has 8 heteroatoms. The van der Waals surface area contributed by atoms with Crippen molar-refractivity contribution in [2.45, 2.75) is 13.0 Å². The van der Waals surface area contributed by atoms with Crippen molar-refractivity contribution in [3.8, 4) is 0 Å². The number of hydrogen-bond acceptors (Lipinski definition) is 5. The van der Waals surface area contributed by atoms with Crippen LogP contribution in [0.4, 0.5) is 5.69 Å². The SMILES string of the molecule is C=CCNC(=O)[C@H](C)OC(=O)c1ccc(Br)c([N+](=O)[O-])c1. The monoisotopic (exact) mass is 356 g/mol. The Morgan fingerprint density at radius 1 is 1.57 bits per heavy atom. The van der Waals surface area contributed by atoms with Crippen molar-refractivity contribution in [1.29, 1.82) is 0 Å². The number of carbonyl (C=O) groups excluding carboxylic acids is 2. The van der Waals surface area contributed by atoms with Crippen LogP contribution < -0.4 is 5.32 Å². The van der Waals surface area contributed by atoms with Crippen LogP contribution in [0.5, 0.6) is 0 Å². The van der Waals surface area contributed by atoms with Crippen LogP contribution in [0, 0.1) is 10.1 Å². The molecule has 0 fully saturated rings. The maximum Gasteiger partial charge on any atom is 0.339 e. The number of hydrogen-bond donors (Lipinski definition) is 1. The minimum Gasteiger partial charge on any atom is -0.449 e. The summed E-state index contributed by atoms with van der Waals surface area (Å²) in [5.41, 5.74) is -0.263. The molecule has 21 heavy (non-hydrogen) atoms. The van der Waals surface area contributed by atoms with Gasteiger partial charge in [-0.2, -0.15) is 0 Å². The Labute approximate surface area is 129 Å². The van der Waals surface area contributed by atoms with E-state index in [1.165, 1.54) is 25.1 Å². The average molecular weight is 357 g/mol. The molecule has 0 saturated heterocycles. The molecule has 1 aromatic carbocycles. The molecule has 7 nitrogen and oxygen atoms in total. The van der Waals surface area contributed by atoms with Crippen LogP contribution >= 0.6 is 15.9 Å². The third-order valence-corrected chi connectivity index (χ3v) is 3.12. The van der Waals surface area contributed by atoms with Crippen molar-refractivity contribution < 1.29 is 19.2 Å². The molecule has 1 rings (SSSR count). The summed E-state index contributed by atoms with van der Waals surface area (Å²) in [6.07, 6.45) is 0.477. The average Bonchev–Trinajstić information content (AvgIpc) is 2.44. The number of benzene rings is 1. The van der Waals surface area contributed by atoms with Gasteiger partial charge in [0.05, 0.1) is 15.0 Å². The second-order valence-corrected chi connectivity index (χ2v) is 4.86. The molecule has 1 aromatic rings. The van der Waals surface area contributed by atoms with Crippen molar-refractivity contribution in [2.75, 3.05) is 6.54 Å². The predicted molar refractivity (Wildman–Crippen MR) is 78.9 cm³/mol. The molecule has 0 aliphatic heterocycles. The zero-order valence-electron chi connectivity index (χ0n) is 11.2. The van der Waals surface area contributed by atoms with E-state index in [-0.39, 0.29) is 22.3 Å². The molecule has 1 amide bonds. The van der Waals surface area contributed by atoms with E-state index in [4.69, 9.17) is 4.74 Å². The molecule has 0 unspecified atom stereocenters. The summed E-state index contributed by atoms with van der Waals surface area (Å²) in [5.74, 6) is -1.29. The zero-order chi connectivity index (χ0) is 16.0. The third kappa shape index (κ3) is 4.67. The highest BCUT2D eigenvalue weighted by atomic mass is 79.9. The number of amides is 1. The summed E-state index contributed by atoms with van der Waals surface area (Å²) in [7, 11) is 0. The Bertz CT molecular complexity index is 588. The normalized spacial score (nSPS) is 11.3. The lowest BCUT2D eigenvalue weighted by atomic mass is 10.2. The maximum atomic E-state index is 11.9. The summed E-state index contributed by atoms with van der Waals surface area (Å²) in [4.78, 5) is 33.6. The Kier molecular flexibility index (Phi) is 6.04. The molecule has 112 valence electrons. The number of ether oxygens (including phenoxy) is 1. The number of rotatable bonds is 6. The first-order valence-corrected chi connectivity index (χ1v) is 6.69. The smallest absolute Gasteiger partial charge is 0.339 e. The van der Waals surface area contributed by atoms with Gasteiger partial charge in [-0.1, -0.05) is 6.08 Å². The maximum absolute atomic E-state index is 11.9. The van der Waals surface area contributed by atoms with Crippen molar-refractivity contribution in [3.05, 3.63) is 51.0 Å². The lowest BCUT2D eigenvalue weighted by Gasteiger charge is -2.12. The summed E-state index contributed by atoms with van der Waals surface area (Å²) in [6.45, 7) is 5.10. The fraction of sp³-hybridized carbons (Fsp3) is 0.231. The first kappa shape index (κ1) is 16.8. The van der Waals surface area contributed by atoms with E-state index in [1.807, 2.05) is 0 Å². The Morgan fingerprint density at radius 3 is 2.81 bits per heavy atom. The highest BCUT2D eigenvalue weighted by molar-refractivity contribution is 9.10. The van der Waals surface area contributed by atoms with Crippen molar-refractivity contribution in [2.24, 2.45) is 0 Å². The lowest BCUT2D eigenvalue weighted by molar-refractivity contribution is -0.385. The van der Waals surface area contributed by atoms with Crippen LogP contribution in [0.2, 0.25) is 0 Å². The highest BCUT2D eigenvalue weighted by Gasteiger charge is 2.21. The Balaban J connectivity index is 2.80. The van der Waals surface area contributed by atoms with Crippen LogP contribution in [0.25, 0.3) is 0 Å². The van der Waals surface area contributed by atoms with Gasteiger partial charge in [0.2, 0.25) is 0 Å². The van der Waals surface area contributed by atoms with Crippen LogP contribution in [0.3, 0.4) is 0 Å². The van der Waals surface area contributed by atoms with Gasteiger partial charge in [-0.3, -0.25) is 14.9 Å². The van der Waals surface area contributed by atoms with Crippen LogP contribution in [-0.4, -0.2) is 29.4 Å². The molecule has 1 N–H and O–H groups in total. The fourth-order valence-corrected chi connectivity index (χ4v) is 1.77. The van der Waals surface area contributed by atoms with Gasteiger partial charge < -0.3 is 10.1 Å². The fourth-order valence-electron chi connectivity index (χ4n) is 1.38. The van der Waals surface area contributed by atoms with Gasteiger partial charge in [0, 0.05) is 12.6 Å². The molecule has 0 bridgehead atoms. The minimum atomic E-state index is -1.01. The minimum absolute atomic E-state index is 0.00623. The van der Waals surface area contributed by atoms with Gasteiger partial charge in [0.15, 0.2) is 6.10 Å². The van der Waals surface area contributed by atoms with Crippen molar-refractivity contribution in [1.82, 2.24) is 5.32 Å². The van der Waals surface area contributed by atoms with Crippen LogP contribution in [0.15, 0.2) is 35.3 Å². The standard InChI is InChI=1S/C13H13BrN2O5/c1-3-6-15-12(17)8(2)21-13(18)9-4-5-10(14)11(7-9)16(19)20/h3-5,7-8H,1,6H2,2H3,(H,15,17)/t8-/m0/s1. The number of esters is 1. The molecule has 1 atom stereocenters. The van der Waals surface area contributed by atoms with E-state index in [1.54, 1.807) is 0 Å². The molecule has 0 radical (unpaired) electrons. The number of halogens is 1. The lowest BCUT2D eigenvalue weighted by Crippen LogP contribution is -2.35. The second kappa shape index (κ2) is 7.53. The zero-order valence-corrected chi connectivity index (χ0v) is 12.8. The van der Waals surface area contributed by atoms with Gasteiger partial charge in [-0.25, -0.2) is 4.79 Å². The van der Waals surface area contributed by atoms with Crippen LogP contribution in [0.1, 0.15) is 17.3 Å². The van der Waals surface area contributed by atoms with Gasteiger partial charge in [0.1, 0.15) is 0 Å². The predicted octanol–water partition coefficient (Wildman–Crippen LogP) is 2.20. The van der Waals surface area contributed by atoms with E-state index in [0.29, 0.717) is 0 Å². The summed E-state index contributed by atoms with van der Waals surface area (Å²) in [5, 5.41) is 13.3. The quantitative estimate of drug-likeness (QED) is 0.364. The number of carbonyl (C=O) groups is 2. The topological polar surface area (TPSA) is 98.5 Å². The molecular weight excluding hydrogens is 344 g/mol.